The summed E-state index contributed by atoms with van der Waals surface area (Å²) in [5.41, 5.74) is -0.556. The molecule has 1 aromatic heterocycles. The Kier molecular flexibility index (Phi) is 3.80. The maximum Gasteiger partial charge on any atom is 0.250 e. The predicted molar refractivity (Wildman–Crippen MR) is 68.1 cm³/mol. The van der Waals surface area contributed by atoms with Crippen LogP contribution in [-0.4, -0.2) is 11.2 Å². The Labute approximate surface area is 113 Å². The minimum atomic E-state index is -0.862. The number of pyridine rings is 1. The molecular weight excluding hydrogens is 266 g/mol. The number of ether oxygens (including phenoxy) is 1. The van der Waals surface area contributed by atoms with Crippen LogP contribution in [0, 0.1) is 23.0 Å². The van der Waals surface area contributed by atoms with E-state index >= 15 is 0 Å². The normalized spacial score (nSPS) is 10.1. The van der Waals surface area contributed by atoms with Gasteiger partial charge in [0.1, 0.15) is 23.5 Å². The summed E-state index contributed by atoms with van der Waals surface area (Å²) < 4.78 is 34.0. The van der Waals surface area contributed by atoms with E-state index in [0.717, 1.165) is 16.7 Å². The van der Waals surface area contributed by atoms with Crippen molar-refractivity contribution in [2.24, 2.45) is 7.05 Å². The van der Waals surface area contributed by atoms with Crippen LogP contribution in [0.15, 0.2) is 35.1 Å². The maximum absolute atomic E-state index is 14.0. The lowest BCUT2D eigenvalue weighted by atomic mass is 10.1. The molecule has 0 atom stereocenters. The molecule has 1 heterocycles. The molecule has 0 aliphatic rings. The first-order valence-electron chi connectivity index (χ1n) is 5.70. The number of hydrogen-bond acceptors (Lipinski definition) is 3. The van der Waals surface area contributed by atoms with Crippen molar-refractivity contribution in [3.05, 3.63) is 52.3 Å². The van der Waals surface area contributed by atoms with Gasteiger partial charge in [-0.15, -0.1) is 0 Å². The van der Waals surface area contributed by atoms with Gasteiger partial charge < -0.3 is 9.30 Å². The van der Waals surface area contributed by atoms with E-state index in [1.54, 1.807) is 6.07 Å². The second kappa shape index (κ2) is 5.53. The molecule has 2 aromatic rings. The summed E-state index contributed by atoms with van der Waals surface area (Å²) in [7, 11) is 1.43. The highest BCUT2D eigenvalue weighted by Crippen LogP contribution is 2.28. The van der Waals surface area contributed by atoms with Crippen LogP contribution >= 0.6 is 0 Å². The molecule has 0 aliphatic heterocycles. The largest absolute Gasteiger partial charge is 0.479 e. The van der Waals surface area contributed by atoms with E-state index in [4.69, 9.17) is 10.00 Å². The van der Waals surface area contributed by atoms with Crippen LogP contribution in [0.1, 0.15) is 0 Å². The second-order valence-corrected chi connectivity index (χ2v) is 4.02. The van der Waals surface area contributed by atoms with Gasteiger partial charge in [0.05, 0.1) is 11.3 Å². The number of halogens is 2. The molecular formula is C14H10F2N2O2. The molecule has 0 amide bonds. The topological polar surface area (TPSA) is 55.0 Å². The number of nitriles is 1. The average Bonchev–Trinajstić information content (AvgIpc) is 2.40. The zero-order chi connectivity index (χ0) is 14.7. The van der Waals surface area contributed by atoms with Crippen molar-refractivity contribution in [2.75, 3.05) is 6.61 Å². The molecule has 102 valence electrons. The predicted octanol–water partition coefficient (Wildman–Crippen LogP) is 2.23. The summed E-state index contributed by atoms with van der Waals surface area (Å²) in [5.74, 6) is -1.80. The van der Waals surface area contributed by atoms with E-state index in [0.29, 0.717) is 0 Å². The summed E-state index contributed by atoms with van der Waals surface area (Å²) in [4.78, 5) is 11.5. The third-order valence-electron chi connectivity index (χ3n) is 2.76. The van der Waals surface area contributed by atoms with Crippen LogP contribution < -0.4 is 10.3 Å². The summed E-state index contributed by atoms with van der Waals surface area (Å²) >= 11 is 0. The van der Waals surface area contributed by atoms with Gasteiger partial charge in [0.2, 0.25) is 0 Å². The Balaban J connectivity index is 2.56. The summed E-state index contributed by atoms with van der Waals surface area (Å²) in [6.07, 6.45) is 0. The van der Waals surface area contributed by atoms with Crippen LogP contribution in [0.5, 0.6) is 5.75 Å². The quantitative estimate of drug-likeness (QED) is 0.863. The Morgan fingerprint density at radius 2 is 1.95 bits per heavy atom. The van der Waals surface area contributed by atoms with Crippen molar-refractivity contribution < 1.29 is 13.5 Å². The minimum Gasteiger partial charge on any atom is -0.479 e. The highest BCUT2D eigenvalue weighted by Gasteiger charge is 2.16. The Hall–Kier alpha value is -2.68. The SMILES string of the molecule is Cn1c(-c2c(F)cc(OCC#N)cc2F)cccc1=O. The van der Waals surface area contributed by atoms with Crippen LogP contribution in [0.4, 0.5) is 8.78 Å². The van der Waals surface area contributed by atoms with Crippen molar-refractivity contribution >= 4 is 0 Å². The van der Waals surface area contributed by atoms with Gasteiger partial charge in [-0.1, -0.05) is 6.07 Å². The van der Waals surface area contributed by atoms with Gasteiger partial charge in [-0.05, 0) is 6.07 Å². The molecule has 0 saturated carbocycles. The molecule has 2 rings (SSSR count). The third kappa shape index (κ3) is 2.52. The second-order valence-electron chi connectivity index (χ2n) is 4.02. The monoisotopic (exact) mass is 276 g/mol. The lowest BCUT2D eigenvalue weighted by molar-refractivity contribution is 0.363. The Bertz CT molecular complexity index is 725. The van der Waals surface area contributed by atoms with E-state index in [2.05, 4.69) is 0 Å². The van der Waals surface area contributed by atoms with Crippen molar-refractivity contribution in [3.8, 4) is 23.1 Å². The first-order chi connectivity index (χ1) is 9.54. The lowest BCUT2D eigenvalue weighted by Crippen LogP contribution is -2.17. The molecule has 1 aromatic carbocycles. The summed E-state index contributed by atoms with van der Waals surface area (Å²) in [6.45, 7) is -0.304. The van der Waals surface area contributed by atoms with Gasteiger partial charge in [-0.3, -0.25) is 4.79 Å². The third-order valence-corrected chi connectivity index (χ3v) is 2.76. The number of rotatable bonds is 3. The zero-order valence-electron chi connectivity index (χ0n) is 10.6. The first-order valence-corrected chi connectivity index (χ1v) is 5.70. The molecule has 0 radical (unpaired) electrons. The van der Waals surface area contributed by atoms with Gasteiger partial charge in [0, 0.05) is 25.2 Å². The van der Waals surface area contributed by atoms with E-state index in [1.807, 2.05) is 0 Å². The lowest BCUT2D eigenvalue weighted by Gasteiger charge is -2.11. The van der Waals surface area contributed by atoms with Crippen LogP contribution in [0.25, 0.3) is 11.3 Å². The number of hydrogen-bond donors (Lipinski definition) is 0. The molecule has 0 fully saturated rings. The van der Waals surface area contributed by atoms with Gasteiger partial charge in [0.15, 0.2) is 6.61 Å². The molecule has 0 aliphatic carbocycles. The summed E-state index contributed by atoms with van der Waals surface area (Å²) in [6, 6.07) is 7.83. The molecule has 0 N–H and O–H groups in total. The average molecular weight is 276 g/mol. The van der Waals surface area contributed by atoms with E-state index in [-0.39, 0.29) is 29.2 Å². The number of aromatic nitrogens is 1. The van der Waals surface area contributed by atoms with Crippen LogP contribution in [0.3, 0.4) is 0 Å². The van der Waals surface area contributed by atoms with Crippen LogP contribution in [0.2, 0.25) is 0 Å². The van der Waals surface area contributed by atoms with E-state index in [9.17, 15) is 13.6 Å². The van der Waals surface area contributed by atoms with Crippen molar-refractivity contribution in [1.82, 2.24) is 4.57 Å². The smallest absolute Gasteiger partial charge is 0.250 e. The molecule has 4 nitrogen and oxygen atoms in total. The Morgan fingerprint density at radius 3 is 2.55 bits per heavy atom. The molecule has 0 bridgehead atoms. The van der Waals surface area contributed by atoms with E-state index < -0.39 is 11.6 Å². The van der Waals surface area contributed by atoms with Gasteiger partial charge in [-0.2, -0.15) is 5.26 Å². The number of nitrogens with zero attached hydrogens (tertiary/aromatic N) is 2. The highest BCUT2D eigenvalue weighted by molar-refractivity contribution is 5.62. The standard InChI is InChI=1S/C14H10F2N2O2/c1-18-12(3-2-4-13(18)19)14-10(15)7-9(8-11(14)16)20-6-5-17/h2-4,7-8H,6H2,1H3. The first kappa shape index (κ1) is 13.7. The molecule has 0 saturated heterocycles. The van der Waals surface area contributed by atoms with Crippen LogP contribution in [-0.2, 0) is 7.05 Å². The molecule has 20 heavy (non-hydrogen) atoms. The molecule has 0 unspecified atom stereocenters. The highest BCUT2D eigenvalue weighted by atomic mass is 19.1. The van der Waals surface area contributed by atoms with E-state index in [1.165, 1.54) is 25.2 Å². The Morgan fingerprint density at radius 1 is 1.30 bits per heavy atom. The zero-order valence-corrected chi connectivity index (χ0v) is 10.6. The number of benzene rings is 1. The molecule has 0 spiro atoms. The fourth-order valence-electron chi connectivity index (χ4n) is 1.81. The molecule has 6 heteroatoms. The summed E-state index contributed by atoms with van der Waals surface area (Å²) in [5, 5.41) is 8.37. The van der Waals surface area contributed by atoms with Gasteiger partial charge in [0.25, 0.3) is 5.56 Å². The van der Waals surface area contributed by atoms with Gasteiger partial charge in [-0.25, -0.2) is 8.78 Å². The van der Waals surface area contributed by atoms with Crippen molar-refractivity contribution in [1.29, 1.82) is 5.26 Å². The minimum absolute atomic E-state index is 0.0776. The fraction of sp³-hybridized carbons (Fsp3) is 0.143. The maximum atomic E-state index is 14.0. The van der Waals surface area contributed by atoms with Gasteiger partial charge >= 0.3 is 0 Å². The van der Waals surface area contributed by atoms with Crippen molar-refractivity contribution in [3.63, 3.8) is 0 Å². The fourth-order valence-corrected chi connectivity index (χ4v) is 1.81. The van der Waals surface area contributed by atoms with Crippen molar-refractivity contribution in [2.45, 2.75) is 0 Å².